The molecule has 0 aliphatic carbocycles. The first-order chi connectivity index (χ1) is 15.6. The highest BCUT2D eigenvalue weighted by molar-refractivity contribution is 5.43. The summed E-state index contributed by atoms with van der Waals surface area (Å²) in [5.41, 5.74) is 1.21. The Kier molecular flexibility index (Phi) is 11.1. The Bertz CT molecular complexity index is 643. The number of methoxy groups -OCH3 is 1. The SMILES string of the molecule is COc1ccc(CN(C)CCN2CCCCC2)cc1OC[C@@H](O)CN1CCCCCCC1. The van der Waals surface area contributed by atoms with Crippen LogP contribution in [0, 0.1) is 0 Å². The summed E-state index contributed by atoms with van der Waals surface area (Å²) in [5.74, 6) is 1.45. The number of benzene rings is 1. The van der Waals surface area contributed by atoms with E-state index >= 15 is 0 Å². The smallest absolute Gasteiger partial charge is 0.161 e. The summed E-state index contributed by atoms with van der Waals surface area (Å²) in [5, 5.41) is 10.6. The molecule has 2 saturated heterocycles. The molecule has 0 aromatic heterocycles. The Morgan fingerprint density at radius 3 is 2.22 bits per heavy atom. The van der Waals surface area contributed by atoms with Crippen molar-refractivity contribution in [2.45, 2.75) is 64.0 Å². The van der Waals surface area contributed by atoms with E-state index in [9.17, 15) is 5.11 Å². The number of aliphatic hydroxyl groups is 1. The fraction of sp³-hybridized carbons (Fsp3) is 0.769. The molecule has 3 rings (SSSR count). The molecule has 0 saturated carbocycles. The number of hydrogen-bond acceptors (Lipinski definition) is 6. The number of β-amino-alcohol motifs (C(OH)–C–C–N with tert-alkyl or cyclic N) is 1. The minimum absolute atomic E-state index is 0.293. The lowest BCUT2D eigenvalue weighted by atomic mass is 10.1. The van der Waals surface area contributed by atoms with Crippen LogP contribution >= 0.6 is 0 Å². The van der Waals surface area contributed by atoms with E-state index in [1.165, 1.54) is 70.0 Å². The van der Waals surface area contributed by atoms with Gasteiger partial charge >= 0.3 is 0 Å². The fourth-order valence-electron chi connectivity index (χ4n) is 4.85. The van der Waals surface area contributed by atoms with Gasteiger partial charge in [0, 0.05) is 26.2 Å². The molecule has 182 valence electrons. The van der Waals surface area contributed by atoms with Crippen LogP contribution in [0.2, 0.25) is 0 Å². The van der Waals surface area contributed by atoms with E-state index in [0.717, 1.165) is 44.2 Å². The number of nitrogens with zero attached hydrogens (tertiary/aromatic N) is 3. The van der Waals surface area contributed by atoms with Crippen LogP contribution in [0.3, 0.4) is 0 Å². The molecule has 1 N–H and O–H groups in total. The van der Waals surface area contributed by atoms with Gasteiger partial charge in [0.25, 0.3) is 0 Å². The molecular weight excluding hydrogens is 402 g/mol. The minimum atomic E-state index is -0.491. The van der Waals surface area contributed by atoms with E-state index in [2.05, 4.69) is 33.9 Å². The number of piperidine rings is 1. The van der Waals surface area contributed by atoms with E-state index in [1.807, 2.05) is 6.07 Å². The van der Waals surface area contributed by atoms with Gasteiger partial charge in [0.2, 0.25) is 0 Å². The third kappa shape index (κ3) is 8.89. The summed E-state index contributed by atoms with van der Waals surface area (Å²) in [7, 11) is 3.85. The summed E-state index contributed by atoms with van der Waals surface area (Å²) < 4.78 is 11.5. The predicted molar refractivity (Wildman–Crippen MR) is 131 cm³/mol. The summed E-state index contributed by atoms with van der Waals surface area (Å²) in [4.78, 5) is 7.34. The lowest BCUT2D eigenvalue weighted by Gasteiger charge is -2.28. The van der Waals surface area contributed by atoms with Crippen molar-refractivity contribution >= 4 is 0 Å². The van der Waals surface area contributed by atoms with Crippen molar-refractivity contribution in [3.05, 3.63) is 23.8 Å². The minimum Gasteiger partial charge on any atom is -0.493 e. The highest BCUT2D eigenvalue weighted by Gasteiger charge is 2.16. The van der Waals surface area contributed by atoms with Crippen LogP contribution in [-0.2, 0) is 6.54 Å². The van der Waals surface area contributed by atoms with Crippen molar-refractivity contribution in [1.29, 1.82) is 0 Å². The van der Waals surface area contributed by atoms with E-state index in [4.69, 9.17) is 9.47 Å². The summed E-state index contributed by atoms with van der Waals surface area (Å²) in [6.45, 7) is 8.71. The molecule has 2 aliphatic heterocycles. The number of ether oxygens (including phenoxy) is 2. The zero-order valence-electron chi connectivity index (χ0n) is 20.4. The van der Waals surface area contributed by atoms with Crippen molar-refractivity contribution in [3.63, 3.8) is 0 Å². The van der Waals surface area contributed by atoms with Crippen LogP contribution in [0.1, 0.15) is 56.9 Å². The number of rotatable bonds is 11. The maximum atomic E-state index is 10.6. The van der Waals surface area contributed by atoms with Crippen molar-refractivity contribution in [2.24, 2.45) is 0 Å². The fourth-order valence-corrected chi connectivity index (χ4v) is 4.85. The molecule has 2 fully saturated rings. The lowest BCUT2D eigenvalue weighted by molar-refractivity contribution is 0.0644. The molecule has 6 nitrogen and oxygen atoms in total. The van der Waals surface area contributed by atoms with Crippen molar-refractivity contribution in [2.75, 3.05) is 66.6 Å². The molecule has 1 aromatic rings. The molecule has 32 heavy (non-hydrogen) atoms. The molecule has 0 unspecified atom stereocenters. The molecule has 0 amide bonds. The van der Waals surface area contributed by atoms with Gasteiger partial charge in [-0.25, -0.2) is 0 Å². The maximum absolute atomic E-state index is 10.6. The number of aliphatic hydroxyl groups excluding tert-OH is 1. The van der Waals surface area contributed by atoms with E-state index < -0.39 is 6.10 Å². The van der Waals surface area contributed by atoms with Gasteiger partial charge in [0.05, 0.1) is 7.11 Å². The average Bonchev–Trinajstić information content (AvgIpc) is 2.79. The summed E-state index contributed by atoms with van der Waals surface area (Å²) >= 11 is 0. The highest BCUT2D eigenvalue weighted by Crippen LogP contribution is 2.28. The van der Waals surface area contributed by atoms with Gasteiger partial charge in [-0.1, -0.05) is 31.7 Å². The van der Waals surface area contributed by atoms with Crippen LogP contribution in [0.15, 0.2) is 18.2 Å². The Morgan fingerprint density at radius 2 is 1.53 bits per heavy atom. The molecule has 2 heterocycles. The van der Waals surface area contributed by atoms with Gasteiger partial charge in [-0.2, -0.15) is 0 Å². The lowest BCUT2D eigenvalue weighted by Crippen LogP contribution is -2.37. The normalized spacial score (nSPS) is 20.0. The molecule has 1 aromatic carbocycles. The summed E-state index contributed by atoms with van der Waals surface area (Å²) in [6.07, 6.45) is 9.99. The summed E-state index contributed by atoms with van der Waals surface area (Å²) in [6, 6.07) is 6.16. The Balaban J connectivity index is 1.46. The van der Waals surface area contributed by atoms with Crippen molar-refractivity contribution < 1.29 is 14.6 Å². The second-order valence-electron chi connectivity index (χ2n) is 9.66. The van der Waals surface area contributed by atoms with Gasteiger partial charge in [0.1, 0.15) is 12.7 Å². The van der Waals surface area contributed by atoms with E-state index in [0.29, 0.717) is 13.2 Å². The monoisotopic (exact) mass is 447 g/mol. The highest BCUT2D eigenvalue weighted by atomic mass is 16.5. The van der Waals surface area contributed by atoms with Crippen LogP contribution in [0.5, 0.6) is 11.5 Å². The standard InChI is InChI=1S/C26H45N3O3/c1-27(17-18-28-13-9-6-10-14-28)20-23-11-12-25(31-2)26(19-23)32-22-24(30)21-29-15-7-4-3-5-8-16-29/h11-12,19,24,30H,3-10,13-18,20-22H2,1-2H3/t24-/m0/s1. The first-order valence-electron chi connectivity index (χ1n) is 12.7. The molecular formula is C26H45N3O3. The predicted octanol–water partition coefficient (Wildman–Crippen LogP) is 3.62. The molecule has 1 atom stereocenters. The van der Waals surface area contributed by atoms with Gasteiger partial charge in [-0.3, -0.25) is 0 Å². The zero-order valence-corrected chi connectivity index (χ0v) is 20.4. The van der Waals surface area contributed by atoms with Crippen molar-refractivity contribution in [1.82, 2.24) is 14.7 Å². The third-order valence-electron chi connectivity index (χ3n) is 6.78. The largest absolute Gasteiger partial charge is 0.493 e. The van der Waals surface area contributed by atoms with E-state index in [1.54, 1.807) is 7.11 Å². The molecule has 0 bridgehead atoms. The quantitative estimate of drug-likeness (QED) is 0.559. The first kappa shape index (κ1) is 25.3. The second-order valence-corrected chi connectivity index (χ2v) is 9.66. The maximum Gasteiger partial charge on any atom is 0.161 e. The molecule has 2 aliphatic rings. The molecule has 0 radical (unpaired) electrons. The molecule has 6 heteroatoms. The first-order valence-corrected chi connectivity index (χ1v) is 12.7. The Hall–Kier alpha value is -1.34. The topological polar surface area (TPSA) is 48.4 Å². The van der Waals surface area contributed by atoms with Gasteiger partial charge in [-0.15, -0.1) is 0 Å². The van der Waals surface area contributed by atoms with Gasteiger partial charge < -0.3 is 29.3 Å². The average molecular weight is 448 g/mol. The molecule has 0 spiro atoms. The van der Waals surface area contributed by atoms with Crippen LogP contribution in [0.4, 0.5) is 0 Å². The van der Waals surface area contributed by atoms with E-state index in [-0.39, 0.29) is 0 Å². The van der Waals surface area contributed by atoms with Gasteiger partial charge in [0.15, 0.2) is 11.5 Å². The second kappa shape index (κ2) is 14.0. The van der Waals surface area contributed by atoms with Crippen LogP contribution in [-0.4, -0.2) is 92.5 Å². The van der Waals surface area contributed by atoms with Gasteiger partial charge in [-0.05, 0) is 76.6 Å². The van der Waals surface area contributed by atoms with Crippen molar-refractivity contribution in [3.8, 4) is 11.5 Å². The third-order valence-corrected chi connectivity index (χ3v) is 6.78. The van der Waals surface area contributed by atoms with Crippen LogP contribution in [0.25, 0.3) is 0 Å². The number of likely N-dealkylation sites (N-methyl/N-ethyl adjacent to an activating group) is 1. The Morgan fingerprint density at radius 1 is 0.906 bits per heavy atom. The zero-order chi connectivity index (χ0) is 22.6. The Labute approximate surface area is 195 Å². The number of hydrogen-bond donors (Lipinski definition) is 1. The van der Waals surface area contributed by atoms with Crippen LogP contribution < -0.4 is 9.47 Å². The number of likely N-dealkylation sites (tertiary alicyclic amines) is 2.